The van der Waals surface area contributed by atoms with Gasteiger partial charge in [0.1, 0.15) is 5.15 Å². The van der Waals surface area contributed by atoms with Crippen LogP contribution < -0.4 is 5.32 Å². The van der Waals surface area contributed by atoms with E-state index in [-0.39, 0.29) is 5.91 Å². The van der Waals surface area contributed by atoms with Gasteiger partial charge in [-0.05, 0) is 6.42 Å². The van der Waals surface area contributed by atoms with E-state index < -0.39 is 0 Å². The molecule has 1 heterocycles. The molecule has 0 saturated carbocycles. The van der Waals surface area contributed by atoms with Gasteiger partial charge in [0.25, 0.3) is 0 Å². The number of nitrogens with zero attached hydrogens (tertiary/aromatic N) is 2. The Morgan fingerprint density at radius 3 is 2.93 bits per heavy atom. The molecule has 1 N–H and O–H groups in total. The van der Waals surface area contributed by atoms with Crippen molar-refractivity contribution >= 4 is 23.3 Å². The zero-order valence-corrected chi connectivity index (χ0v) is 9.12. The summed E-state index contributed by atoms with van der Waals surface area (Å²) in [4.78, 5) is 19.0. The molecule has 0 aliphatic heterocycles. The van der Waals surface area contributed by atoms with Crippen LogP contribution >= 0.6 is 11.6 Å². The lowest BCUT2D eigenvalue weighted by molar-refractivity contribution is -0.116. The minimum absolute atomic E-state index is 0.108. The third-order valence-corrected chi connectivity index (χ3v) is 1.84. The van der Waals surface area contributed by atoms with Crippen molar-refractivity contribution in [2.45, 2.75) is 12.8 Å². The Morgan fingerprint density at radius 1 is 1.53 bits per heavy atom. The zero-order valence-electron chi connectivity index (χ0n) is 8.36. The number of methoxy groups -OCH3 is 1. The Morgan fingerprint density at radius 2 is 2.33 bits per heavy atom. The smallest absolute Gasteiger partial charge is 0.225 e. The summed E-state index contributed by atoms with van der Waals surface area (Å²) in [6.45, 7) is 0.569. The molecule has 0 atom stereocenters. The molecule has 0 unspecified atom stereocenters. The number of carbonyl (C=O) groups is 1. The molecule has 0 fully saturated rings. The van der Waals surface area contributed by atoms with Crippen LogP contribution in [0.1, 0.15) is 12.8 Å². The van der Waals surface area contributed by atoms with Crippen LogP contribution in [0.25, 0.3) is 0 Å². The number of anilines is 1. The standard InChI is InChI=1S/C9H12ClN3O2/c1-15-4-2-3-9(14)13-8-6-11-7(10)5-12-8/h5-6H,2-4H2,1H3,(H,12,13,14). The predicted molar refractivity (Wildman–Crippen MR) is 56.8 cm³/mol. The van der Waals surface area contributed by atoms with Crippen molar-refractivity contribution in [1.82, 2.24) is 9.97 Å². The summed E-state index contributed by atoms with van der Waals surface area (Å²) in [5, 5.41) is 2.90. The number of amides is 1. The van der Waals surface area contributed by atoms with Crippen LogP contribution in [0.4, 0.5) is 5.82 Å². The van der Waals surface area contributed by atoms with E-state index in [4.69, 9.17) is 16.3 Å². The average Bonchev–Trinajstić information content (AvgIpc) is 2.22. The van der Waals surface area contributed by atoms with Crippen LogP contribution in [0.3, 0.4) is 0 Å². The second-order valence-electron chi connectivity index (χ2n) is 2.87. The molecule has 0 bridgehead atoms. The Bertz CT molecular complexity index is 316. The highest BCUT2D eigenvalue weighted by atomic mass is 35.5. The maximum Gasteiger partial charge on any atom is 0.225 e. The molecular weight excluding hydrogens is 218 g/mol. The molecule has 6 heteroatoms. The van der Waals surface area contributed by atoms with Gasteiger partial charge in [-0.1, -0.05) is 11.6 Å². The fourth-order valence-corrected chi connectivity index (χ4v) is 1.06. The lowest BCUT2D eigenvalue weighted by atomic mass is 10.3. The third kappa shape index (κ3) is 4.71. The maximum atomic E-state index is 11.3. The number of rotatable bonds is 5. The van der Waals surface area contributed by atoms with Crippen molar-refractivity contribution in [2.24, 2.45) is 0 Å². The van der Waals surface area contributed by atoms with Crippen LogP contribution in [0.5, 0.6) is 0 Å². The van der Waals surface area contributed by atoms with Gasteiger partial charge in [0, 0.05) is 20.1 Å². The highest BCUT2D eigenvalue weighted by Crippen LogP contribution is 2.05. The SMILES string of the molecule is COCCCC(=O)Nc1cnc(Cl)cn1. The molecule has 1 aromatic heterocycles. The van der Waals surface area contributed by atoms with Crippen molar-refractivity contribution in [2.75, 3.05) is 19.0 Å². The topological polar surface area (TPSA) is 64.1 Å². The minimum atomic E-state index is -0.108. The second-order valence-corrected chi connectivity index (χ2v) is 3.26. The summed E-state index contributed by atoms with van der Waals surface area (Å²) in [6, 6.07) is 0. The van der Waals surface area contributed by atoms with E-state index in [9.17, 15) is 4.79 Å². The van der Waals surface area contributed by atoms with Crippen molar-refractivity contribution < 1.29 is 9.53 Å². The van der Waals surface area contributed by atoms with Gasteiger partial charge in [-0.25, -0.2) is 9.97 Å². The van der Waals surface area contributed by atoms with Crippen LogP contribution in [0.2, 0.25) is 5.15 Å². The van der Waals surface area contributed by atoms with Crippen LogP contribution in [0, 0.1) is 0 Å². The quantitative estimate of drug-likeness (QED) is 0.777. The Balaban J connectivity index is 2.34. The van der Waals surface area contributed by atoms with E-state index in [1.54, 1.807) is 7.11 Å². The lowest BCUT2D eigenvalue weighted by Crippen LogP contribution is -2.13. The Hall–Kier alpha value is -1.20. The van der Waals surface area contributed by atoms with Crippen molar-refractivity contribution in [1.29, 1.82) is 0 Å². The second kappa shape index (κ2) is 6.31. The van der Waals surface area contributed by atoms with E-state index in [0.29, 0.717) is 30.4 Å². The van der Waals surface area contributed by atoms with Gasteiger partial charge in [0.05, 0.1) is 12.4 Å². The maximum absolute atomic E-state index is 11.3. The van der Waals surface area contributed by atoms with E-state index in [1.807, 2.05) is 0 Å². The molecule has 15 heavy (non-hydrogen) atoms. The van der Waals surface area contributed by atoms with Crippen molar-refractivity contribution in [3.05, 3.63) is 17.5 Å². The van der Waals surface area contributed by atoms with Crippen LogP contribution in [-0.4, -0.2) is 29.6 Å². The Labute approximate surface area is 92.8 Å². The highest BCUT2D eigenvalue weighted by molar-refractivity contribution is 6.29. The first-order chi connectivity index (χ1) is 7.22. The number of hydrogen-bond acceptors (Lipinski definition) is 4. The molecule has 1 rings (SSSR count). The molecular formula is C9H12ClN3O2. The van der Waals surface area contributed by atoms with Crippen LogP contribution in [-0.2, 0) is 9.53 Å². The predicted octanol–water partition coefficient (Wildman–Crippen LogP) is 1.50. The number of hydrogen-bond donors (Lipinski definition) is 1. The molecule has 0 aliphatic carbocycles. The number of nitrogens with one attached hydrogen (secondary N) is 1. The third-order valence-electron chi connectivity index (χ3n) is 1.64. The van der Waals surface area contributed by atoms with E-state index >= 15 is 0 Å². The van der Waals surface area contributed by atoms with Gasteiger partial charge < -0.3 is 10.1 Å². The fourth-order valence-electron chi connectivity index (χ4n) is 0.959. The first-order valence-corrected chi connectivity index (χ1v) is 4.86. The molecule has 0 aromatic carbocycles. The molecule has 0 aliphatic rings. The molecule has 5 nitrogen and oxygen atoms in total. The number of ether oxygens (including phenoxy) is 1. The molecule has 82 valence electrons. The first kappa shape index (κ1) is 11.9. The van der Waals surface area contributed by atoms with Gasteiger partial charge >= 0.3 is 0 Å². The lowest BCUT2D eigenvalue weighted by Gasteiger charge is -2.03. The monoisotopic (exact) mass is 229 g/mol. The van der Waals surface area contributed by atoms with Gasteiger partial charge in [0.15, 0.2) is 5.82 Å². The largest absolute Gasteiger partial charge is 0.385 e. The highest BCUT2D eigenvalue weighted by Gasteiger charge is 2.02. The van der Waals surface area contributed by atoms with E-state index in [2.05, 4.69) is 15.3 Å². The summed E-state index contributed by atoms with van der Waals surface area (Å²) < 4.78 is 4.83. The minimum Gasteiger partial charge on any atom is -0.385 e. The van der Waals surface area contributed by atoms with Gasteiger partial charge in [-0.15, -0.1) is 0 Å². The number of carbonyl (C=O) groups excluding carboxylic acids is 1. The van der Waals surface area contributed by atoms with Crippen molar-refractivity contribution in [3.8, 4) is 0 Å². The zero-order chi connectivity index (χ0) is 11.1. The van der Waals surface area contributed by atoms with Gasteiger partial charge in [-0.3, -0.25) is 4.79 Å². The van der Waals surface area contributed by atoms with E-state index in [0.717, 1.165) is 0 Å². The normalized spacial score (nSPS) is 10.0. The van der Waals surface area contributed by atoms with Gasteiger partial charge in [-0.2, -0.15) is 0 Å². The summed E-state index contributed by atoms with van der Waals surface area (Å²) >= 11 is 5.55. The molecule has 0 spiro atoms. The molecule has 1 aromatic rings. The van der Waals surface area contributed by atoms with Crippen LogP contribution in [0.15, 0.2) is 12.4 Å². The average molecular weight is 230 g/mol. The Kier molecular flexibility index (Phi) is 5.00. The summed E-state index contributed by atoms with van der Waals surface area (Å²) in [7, 11) is 1.60. The molecule has 1 amide bonds. The summed E-state index contributed by atoms with van der Waals surface area (Å²) in [5.74, 6) is 0.297. The summed E-state index contributed by atoms with van der Waals surface area (Å²) in [6.07, 6.45) is 3.88. The van der Waals surface area contributed by atoms with Gasteiger partial charge in [0.2, 0.25) is 5.91 Å². The molecule has 0 radical (unpaired) electrons. The van der Waals surface area contributed by atoms with E-state index in [1.165, 1.54) is 12.4 Å². The number of halogens is 1. The first-order valence-electron chi connectivity index (χ1n) is 4.48. The fraction of sp³-hybridized carbons (Fsp3) is 0.444. The summed E-state index contributed by atoms with van der Waals surface area (Å²) in [5.41, 5.74) is 0. The molecule has 0 saturated heterocycles. The van der Waals surface area contributed by atoms with Crippen molar-refractivity contribution in [3.63, 3.8) is 0 Å². The number of aromatic nitrogens is 2.